The van der Waals surface area contributed by atoms with Crippen LogP contribution in [0.15, 0.2) is 18.2 Å². The molecule has 1 aromatic rings. The molecule has 1 N–H and O–H groups in total. The molecule has 1 fully saturated rings. The molecule has 3 heteroatoms. The Balaban J connectivity index is 2.10. The van der Waals surface area contributed by atoms with Crippen LogP contribution in [0.25, 0.3) is 0 Å². The Kier molecular flexibility index (Phi) is 3.72. The van der Waals surface area contributed by atoms with Gasteiger partial charge in [0.15, 0.2) is 0 Å². The van der Waals surface area contributed by atoms with Crippen LogP contribution < -0.4 is 4.74 Å². The van der Waals surface area contributed by atoms with Crippen molar-refractivity contribution in [2.45, 2.75) is 44.8 Å². The molecule has 1 saturated carbocycles. The molecule has 0 amide bonds. The fourth-order valence-electron chi connectivity index (χ4n) is 2.08. The Morgan fingerprint density at radius 1 is 1.31 bits per heavy atom. The highest BCUT2D eigenvalue weighted by atomic mass is 35.5. The van der Waals surface area contributed by atoms with Crippen LogP contribution >= 0.6 is 11.6 Å². The van der Waals surface area contributed by atoms with Gasteiger partial charge < -0.3 is 9.84 Å². The lowest BCUT2D eigenvalue weighted by atomic mass is 9.95. The molecule has 2 rings (SSSR count). The van der Waals surface area contributed by atoms with Crippen molar-refractivity contribution in [3.05, 3.63) is 28.8 Å². The summed E-state index contributed by atoms with van der Waals surface area (Å²) in [6.45, 7) is 2.00. The lowest BCUT2D eigenvalue weighted by Crippen LogP contribution is -2.34. The van der Waals surface area contributed by atoms with E-state index < -0.39 is 0 Å². The lowest BCUT2D eigenvalue weighted by Gasteiger charge is -2.28. The van der Waals surface area contributed by atoms with E-state index in [2.05, 4.69) is 0 Å². The minimum Gasteiger partial charge on any atom is -0.486 e. The number of halogens is 1. The highest BCUT2D eigenvalue weighted by molar-refractivity contribution is 6.32. The quantitative estimate of drug-likeness (QED) is 0.859. The van der Waals surface area contributed by atoms with Gasteiger partial charge in [-0.25, -0.2) is 0 Å². The number of aliphatic hydroxyl groups is 1. The molecule has 1 aliphatic rings. The van der Waals surface area contributed by atoms with E-state index in [0.717, 1.165) is 31.2 Å². The van der Waals surface area contributed by atoms with E-state index >= 15 is 0 Å². The average molecular weight is 241 g/mol. The molecule has 0 saturated heterocycles. The predicted molar refractivity (Wildman–Crippen MR) is 65.1 cm³/mol. The summed E-state index contributed by atoms with van der Waals surface area (Å²) in [6, 6.07) is 5.71. The third-order valence-electron chi connectivity index (χ3n) is 3.03. The zero-order valence-electron chi connectivity index (χ0n) is 9.45. The number of benzene rings is 1. The Hall–Kier alpha value is -0.730. The Morgan fingerprint density at radius 3 is 2.81 bits per heavy atom. The normalized spacial score (nSPS) is 25.4. The van der Waals surface area contributed by atoms with Gasteiger partial charge in [0.1, 0.15) is 11.9 Å². The van der Waals surface area contributed by atoms with Crippen LogP contribution in [0.1, 0.15) is 31.2 Å². The molecular weight excluding hydrogens is 224 g/mol. The van der Waals surface area contributed by atoms with Gasteiger partial charge in [-0.2, -0.15) is 0 Å². The van der Waals surface area contributed by atoms with Gasteiger partial charge >= 0.3 is 0 Å². The Labute approximate surface area is 101 Å². The summed E-state index contributed by atoms with van der Waals surface area (Å²) in [6.07, 6.45) is 3.48. The van der Waals surface area contributed by atoms with Crippen LogP contribution in [-0.4, -0.2) is 17.3 Å². The van der Waals surface area contributed by atoms with Crippen molar-refractivity contribution in [1.29, 1.82) is 0 Å². The van der Waals surface area contributed by atoms with Crippen molar-refractivity contribution < 1.29 is 9.84 Å². The summed E-state index contributed by atoms with van der Waals surface area (Å²) in [7, 11) is 0. The fraction of sp³-hybridized carbons (Fsp3) is 0.538. The Bertz CT molecular complexity index is 365. The first-order valence-electron chi connectivity index (χ1n) is 5.77. The lowest BCUT2D eigenvalue weighted by molar-refractivity contribution is 0.00690. The second-order valence-electron chi connectivity index (χ2n) is 4.44. The third kappa shape index (κ3) is 2.69. The van der Waals surface area contributed by atoms with E-state index in [4.69, 9.17) is 16.3 Å². The predicted octanol–water partition coefficient (Wildman–Crippen LogP) is 3.33. The first-order valence-corrected chi connectivity index (χ1v) is 6.15. The van der Waals surface area contributed by atoms with Gasteiger partial charge in [-0.15, -0.1) is 0 Å². The van der Waals surface area contributed by atoms with Crippen molar-refractivity contribution in [3.8, 4) is 5.75 Å². The summed E-state index contributed by atoms with van der Waals surface area (Å²) >= 11 is 6.06. The molecule has 2 nitrogen and oxygen atoms in total. The maximum Gasteiger partial charge on any atom is 0.138 e. The summed E-state index contributed by atoms with van der Waals surface area (Å²) < 4.78 is 5.80. The summed E-state index contributed by atoms with van der Waals surface area (Å²) in [5, 5.41) is 10.4. The fourth-order valence-corrected chi connectivity index (χ4v) is 2.24. The SMILES string of the molecule is Cc1ccc(Cl)c(O[C@H]2CCCC[C@@H]2O)c1. The van der Waals surface area contributed by atoms with Crippen LogP contribution in [0, 0.1) is 6.92 Å². The smallest absolute Gasteiger partial charge is 0.138 e. The molecule has 0 heterocycles. The number of ether oxygens (including phenoxy) is 1. The molecule has 0 spiro atoms. The molecule has 1 aromatic carbocycles. The van der Waals surface area contributed by atoms with Crippen LogP contribution in [0.3, 0.4) is 0 Å². The molecule has 0 bridgehead atoms. The number of aryl methyl sites for hydroxylation is 1. The van der Waals surface area contributed by atoms with E-state index in [9.17, 15) is 5.11 Å². The van der Waals surface area contributed by atoms with E-state index in [-0.39, 0.29) is 12.2 Å². The monoisotopic (exact) mass is 240 g/mol. The third-order valence-corrected chi connectivity index (χ3v) is 3.34. The van der Waals surface area contributed by atoms with Crippen molar-refractivity contribution in [1.82, 2.24) is 0 Å². The summed E-state index contributed by atoms with van der Waals surface area (Å²) in [5.74, 6) is 0.688. The van der Waals surface area contributed by atoms with Crippen molar-refractivity contribution >= 4 is 11.6 Å². The van der Waals surface area contributed by atoms with Gasteiger partial charge in [-0.05, 0) is 43.9 Å². The molecule has 0 aliphatic heterocycles. The van der Waals surface area contributed by atoms with Gasteiger partial charge in [-0.1, -0.05) is 24.1 Å². The Morgan fingerprint density at radius 2 is 2.06 bits per heavy atom. The molecule has 0 aromatic heterocycles. The molecule has 88 valence electrons. The zero-order chi connectivity index (χ0) is 11.5. The van der Waals surface area contributed by atoms with E-state index in [1.54, 1.807) is 0 Å². The number of rotatable bonds is 2. The van der Waals surface area contributed by atoms with Crippen molar-refractivity contribution in [2.75, 3.05) is 0 Å². The van der Waals surface area contributed by atoms with E-state index in [1.807, 2.05) is 25.1 Å². The van der Waals surface area contributed by atoms with Crippen molar-refractivity contribution in [2.24, 2.45) is 0 Å². The van der Waals surface area contributed by atoms with Gasteiger partial charge in [0.2, 0.25) is 0 Å². The number of aliphatic hydroxyl groups excluding tert-OH is 1. The maximum atomic E-state index is 9.82. The minimum atomic E-state index is -0.356. The van der Waals surface area contributed by atoms with Gasteiger partial charge in [-0.3, -0.25) is 0 Å². The zero-order valence-corrected chi connectivity index (χ0v) is 10.2. The molecule has 1 aliphatic carbocycles. The molecule has 0 radical (unpaired) electrons. The maximum absolute atomic E-state index is 9.82. The van der Waals surface area contributed by atoms with E-state index in [0.29, 0.717) is 10.8 Å². The van der Waals surface area contributed by atoms with Gasteiger partial charge in [0.05, 0.1) is 11.1 Å². The highest BCUT2D eigenvalue weighted by Gasteiger charge is 2.25. The first kappa shape index (κ1) is 11.7. The number of hydrogen-bond acceptors (Lipinski definition) is 2. The molecule has 16 heavy (non-hydrogen) atoms. The van der Waals surface area contributed by atoms with E-state index in [1.165, 1.54) is 0 Å². The van der Waals surface area contributed by atoms with Crippen LogP contribution in [-0.2, 0) is 0 Å². The largest absolute Gasteiger partial charge is 0.486 e. The summed E-state index contributed by atoms with van der Waals surface area (Å²) in [5.41, 5.74) is 1.12. The second-order valence-corrected chi connectivity index (χ2v) is 4.85. The first-order chi connectivity index (χ1) is 7.66. The van der Waals surface area contributed by atoms with Crippen LogP contribution in [0.2, 0.25) is 5.02 Å². The van der Waals surface area contributed by atoms with Gasteiger partial charge in [0.25, 0.3) is 0 Å². The van der Waals surface area contributed by atoms with Crippen LogP contribution in [0.5, 0.6) is 5.75 Å². The topological polar surface area (TPSA) is 29.5 Å². The number of hydrogen-bond donors (Lipinski definition) is 1. The average Bonchev–Trinajstić information content (AvgIpc) is 2.27. The molecule has 2 atom stereocenters. The standard InChI is InChI=1S/C13H17ClO2/c1-9-6-7-10(14)13(8-9)16-12-5-3-2-4-11(12)15/h6-8,11-12,15H,2-5H2,1H3/t11-,12-/m0/s1. The molecular formula is C13H17ClO2. The highest BCUT2D eigenvalue weighted by Crippen LogP contribution is 2.30. The molecule has 0 unspecified atom stereocenters. The van der Waals surface area contributed by atoms with Crippen molar-refractivity contribution in [3.63, 3.8) is 0 Å². The minimum absolute atomic E-state index is 0.104. The summed E-state index contributed by atoms with van der Waals surface area (Å²) in [4.78, 5) is 0. The van der Waals surface area contributed by atoms with Crippen LogP contribution in [0.4, 0.5) is 0 Å². The van der Waals surface area contributed by atoms with Gasteiger partial charge in [0, 0.05) is 0 Å². The second kappa shape index (κ2) is 5.07.